The van der Waals surface area contributed by atoms with Crippen LogP contribution in [0.25, 0.3) is 0 Å². The predicted molar refractivity (Wildman–Crippen MR) is 137 cm³/mol. The fourth-order valence-electron chi connectivity index (χ4n) is 3.19. The van der Waals surface area contributed by atoms with Gasteiger partial charge in [0.05, 0.1) is 33.4 Å². The van der Waals surface area contributed by atoms with Gasteiger partial charge in [-0.2, -0.15) is 4.31 Å². The van der Waals surface area contributed by atoms with Crippen molar-refractivity contribution < 1.29 is 12.8 Å². The maximum absolute atomic E-state index is 13.4. The number of hydrogen-bond donors (Lipinski definition) is 0. The Labute approximate surface area is 213 Å². The van der Waals surface area contributed by atoms with Gasteiger partial charge in [-0.05, 0) is 60.2 Å². The monoisotopic (exact) mass is 532 g/mol. The summed E-state index contributed by atoms with van der Waals surface area (Å²) in [6, 6.07) is 23.8. The van der Waals surface area contributed by atoms with E-state index in [0.717, 1.165) is 5.56 Å². The zero-order chi connectivity index (χ0) is 24.1. The average molecular weight is 534 g/mol. The first kappa shape index (κ1) is 24.5. The first-order chi connectivity index (χ1) is 16.3. The lowest BCUT2D eigenvalue weighted by Crippen LogP contribution is -2.30. The molecule has 4 rings (SSSR count). The molecule has 0 saturated heterocycles. The van der Waals surface area contributed by atoms with Crippen molar-refractivity contribution in [3.05, 3.63) is 117 Å². The molecule has 0 radical (unpaired) electrons. The van der Waals surface area contributed by atoms with E-state index in [9.17, 15) is 8.42 Å². The molecule has 5 nitrogen and oxygen atoms in total. The number of rotatable bonds is 8. The van der Waals surface area contributed by atoms with Crippen LogP contribution in [0.5, 0.6) is 0 Å². The van der Waals surface area contributed by atoms with Crippen molar-refractivity contribution >= 4 is 56.7 Å². The van der Waals surface area contributed by atoms with E-state index in [1.807, 2.05) is 0 Å². The summed E-state index contributed by atoms with van der Waals surface area (Å²) < 4.78 is 34.0. The van der Waals surface area contributed by atoms with Gasteiger partial charge in [-0.25, -0.2) is 8.42 Å². The summed E-state index contributed by atoms with van der Waals surface area (Å²) in [5.74, 6) is 0.952. The summed E-state index contributed by atoms with van der Waals surface area (Å²) in [5.41, 5.74) is 1.42. The molecule has 0 N–H and O–H groups in total. The molecule has 0 aliphatic heterocycles. The molecule has 0 saturated carbocycles. The van der Waals surface area contributed by atoms with Gasteiger partial charge in [-0.15, -0.1) is 0 Å². The zero-order valence-electron chi connectivity index (χ0n) is 17.7. The topological polar surface area (TPSA) is 62.9 Å². The molecule has 4 aromatic rings. The standard InChI is InChI=1S/C25H19Cl3N2O3S/c26-19-8-6-18(7-9-19)16-30(34(31,32)23-4-2-1-3-5-23)17-22-12-11-21(33-22)15-29-20-10-13-24(27)25(28)14-20/h1-15H,16-17H2. The lowest BCUT2D eigenvalue weighted by molar-refractivity contribution is 0.357. The van der Waals surface area contributed by atoms with E-state index < -0.39 is 10.0 Å². The highest BCUT2D eigenvalue weighted by Gasteiger charge is 2.26. The Bertz CT molecular complexity index is 1400. The van der Waals surface area contributed by atoms with Gasteiger partial charge in [-0.3, -0.25) is 4.99 Å². The SMILES string of the molecule is O=S(=O)(c1ccccc1)N(Cc1ccc(Cl)cc1)Cc1ccc(C=Nc2ccc(Cl)c(Cl)c2)o1. The molecule has 9 heteroatoms. The fourth-order valence-corrected chi connectivity index (χ4v) is 5.02. The number of halogens is 3. The van der Waals surface area contributed by atoms with Crippen LogP contribution in [0.3, 0.4) is 0 Å². The molecule has 0 spiro atoms. The van der Waals surface area contributed by atoms with Crippen molar-refractivity contribution in [2.75, 3.05) is 0 Å². The molecule has 0 atom stereocenters. The summed E-state index contributed by atoms with van der Waals surface area (Å²) in [5, 5.41) is 1.43. The average Bonchev–Trinajstić information content (AvgIpc) is 3.29. The van der Waals surface area contributed by atoms with Gasteiger partial charge >= 0.3 is 0 Å². The van der Waals surface area contributed by atoms with Gasteiger partial charge in [0.2, 0.25) is 10.0 Å². The highest BCUT2D eigenvalue weighted by molar-refractivity contribution is 7.89. The van der Waals surface area contributed by atoms with E-state index in [1.165, 1.54) is 10.5 Å². The molecule has 0 unspecified atom stereocenters. The van der Waals surface area contributed by atoms with Crippen molar-refractivity contribution in [2.24, 2.45) is 4.99 Å². The van der Waals surface area contributed by atoms with Crippen molar-refractivity contribution in [3.63, 3.8) is 0 Å². The smallest absolute Gasteiger partial charge is 0.243 e. The summed E-state index contributed by atoms with van der Waals surface area (Å²) in [4.78, 5) is 4.54. The van der Waals surface area contributed by atoms with E-state index in [-0.39, 0.29) is 18.0 Å². The second kappa shape index (κ2) is 10.8. The first-order valence-electron chi connectivity index (χ1n) is 10.2. The Morgan fingerprint density at radius 2 is 1.56 bits per heavy atom. The van der Waals surface area contributed by atoms with Crippen LogP contribution in [0, 0.1) is 0 Å². The molecule has 0 fully saturated rings. The lowest BCUT2D eigenvalue weighted by atomic mass is 10.2. The normalized spacial score (nSPS) is 12.0. The van der Waals surface area contributed by atoms with Gasteiger partial charge in [-0.1, -0.05) is 65.1 Å². The van der Waals surface area contributed by atoms with Crippen LogP contribution in [-0.4, -0.2) is 18.9 Å². The van der Waals surface area contributed by atoms with E-state index >= 15 is 0 Å². The molecule has 0 aliphatic rings. The van der Waals surface area contributed by atoms with Crippen LogP contribution in [0.4, 0.5) is 5.69 Å². The number of aliphatic imine (C=N–C) groups is 1. The Morgan fingerprint density at radius 3 is 2.26 bits per heavy atom. The van der Waals surface area contributed by atoms with Crippen molar-refractivity contribution in [1.82, 2.24) is 4.31 Å². The number of sulfonamides is 1. The predicted octanol–water partition coefficient (Wildman–Crippen LogP) is 7.38. The largest absolute Gasteiger partial charge is 0.459 e. The maximum atomic E-state index is 13.4. The minimum Gasteiger partial charge on any atom is -0.459 e. The second-order valence-electron chi connectivity index (χ2n) is 7.37. The third kappa shape index (κ3) is 6.09. The van der Waals surface area contributed by atoms with Crippen molar-refractivity contribution in [3.8, 4) is 0 Å². The number of hydrogen-bond acceptors (Lipinski definition) is 4. The molecule has 1 aromatic heterocycles. The fraction of sp³-hybridized carbons (Fsp3) is 0.0800. The molecule has 34 heavy (non-hydrogen) atoms. The minimum atomic E-state index is -3.78. The van der Waals surface area contributed by atoms with Crippen molar-refractivity contribution in [1.29, 1.82) is 0 Å². The van der Waals surface area contributed by atoms with Gasteiger partial charge in [0.1, 0.15) is 11.5 Å². The maximum Gasteiger partial charge on any atom is 0.243 e. The quantitative estimate of drug-likeness (QED) is 0.222. The summed E-state index contributed by atoms with van der Waals surface area (Å²) >= 11 is 17.9. The number of benzene rings is 3. The molecule has 0 amide bonds. The minimum absolute atomic E-state index is 0.0421. The van der Waals surface area contributed by atoms with Gasteiger partial charge < -0.3 is 4.42 Å². The first-order valence-corrected chi connectivity index (χ1v) is 12.8. The van der Waals surface area contributed by atoms with E-state index in [4.69, 9.17) is 39.2 Å². The van der Waals surface area contributed by atoms with Crippen molar-refractivity contribution in [2.45, 2.75) is 18.0 Å². The third-order valence-electron chi connectivity index (χ3n) is 4.91. The molecule has 0 aliphatic carbocycles. The molecular weight excluding hydrogens is 515 g/mol. The molecule has 174 valence electrons. The number of furan rings is 1. The summed E-state index contributed by atoms with van der Waals surface area (Å²) in [7, 11) is -3.78. The van der Waals surface area contributed by atoms with Crippen LogP contribution >= 0.6 is 34.8 Å². The van der Waals surface area contributed by atoms with Gasteiger partial charge in [0, 0.05) is 11.6 Å². The number of nitrogens with zero attached hydrogens (tertiary/aromatic N) is 2. The Hall–Kier alpha value is -2.61. The van der Waals surface area contributed by atoms with Gasteiger partial charge in [0.25, 0.3) is 0 Å². The van der Waals surface area contributed by atoms with Crippen LogP contribution < -0.4 is 0 Å². The Balaban J connectivity index is 1.57. The van der Waals surface area contributed by atoms with Crippen LogP contribution in [0.15, 0.2) is 99.2 Å². The van der Waals surface area contributed by atoms with E-state index in [2.05, 4.69) is 4.99 Å². The van der Waals surface area contributed by atoms with Crippen LogP contribution in [0.1, 0.15) is 17.1 Å². The second-order valence-corrected chi connectivity index (χ2v) is 10.6. The molecule has 3 aromatic carbocycles. The Kier molecular flexibility index (Phi) is 7.76. The Morgan fingerprint density at radius 1 is 0.824 bits per heavy atom. The lowest BCUT2D eigenvalue weighted by Gasteiger charge is -2.21. The third-order valence-corrected chi connectivity index (χ3v) is 7.71. The highest BCUT2D eigenvalue weighted by atomic mass is 35.5. The van der Waals surface area contributed by atoms with E-state index in [1.54, 1.807) is 84.9 Å². The molecule has 1 heterocycles. The van der Waals surface area contributed by atoms with Gasteiger partial charge in [0.15, 0.2) is 0 Å². The van der Waals surface area contributed by atoms with Crippen LogP contribution in [-0.2, 0) is 23.1 Å². The highest BCUT2D eigenvalue weighted by Crippen LogP contribution is 2.27. The molecule has 0 bridgehead atoms. The van der Waals surface area contributed by atoms with E-state index in [0.29, 0.717) is 32.3 Å². The summed E-state index contributed by atoms with van der Waals surface area (Å²) in [6.45, 7) is 0.197. The molecular formula is C25H19Cl3N2O3S. The van der Waals surface area contributed by atoms with Crippen LogP contribution in [0.2, 0.25) is 15.1 Å². The zero-order valence-corrected chi connectivity index (χ0v) is 20.8. The summed E-state index contributed by atoms with van der Waals surface area (Å²) in [6.07, 6.45) is 1.54.